The standard InChI is InChI=1S/C12H14O2/c1-8-4-9-6-11(13-2)12(14-3)7-10(9)5-8/h4,6-7H,5H2,1-3H3. The van der Waals surface area contributed by atoms with Gasteiger partial charge >= 0.3 is 0 Å². The van der Waals surface area contributed by atoms with Crippen molar-refractivity contribution in [2.75, 3.05) is 14.2 Å². The monoisotopic (exact) mass is 190 g/mol. The van der Waals surface area contributed by atoms with Gasteiger partial charge in [0.2, 0.25) is 0 Å². The van der Waals surface area contributed by atoms with Gasteiger partial charge in [0.05, 0.1) is 14.2 Å². The van der Waals surface area contributed by atoms with Crippen molar-refractivity contribution in [3.8, 4) is 11.5 Å². The van der Waals surface area contributed by atoms with Crippen molar-refractivity contribution in [2.24, 2.45) is 0 Å². The lowest BCUT2D eigenvalue weighted by Crippen LogP contribution is -1.93. The summed E-state index contributed by atoms with van der Waals surface area (Å²) in [4.78, 5) is 0. The fourth-order valence-corrected chi connectivity index (χ4v) is 1.84. The lowest BCUT2D eigenvalue weighted by molar-refractivity contribution is 0.354. The number of ether oxygens (including phenoxy) is 2. The molecule has 0 bridgehead atoms. The Morgan fingerprint density at radius 2 is 1.71 bits per heavy atom. The highest BCUT2D eigenvalue weighted by Crippen LogP contribution is 2.35. The average Bonchev–Trinajstić information content (AvgIpc) is 2.54. The summed E-state index contributed by atoms with van der Waals surface area (Å²) in [6.07, 6.45) is 3.22. The highest BCUT2D eigenvalue weighted by atomic mass is 16.5. The molecule has 0 fully saturated rings. The Hall–Kier alpha value is -1.44. The van der Waals surface area contributed by atoms with Crippen molar-refractivity contribution in [1.29, 1.82) is 0 Å². The van der Waals surface area contributed by atoms with E-state index in [1.165, 1.54) is 16.7 Å². The number of methoxy groups -OCH3 is 2. The lowest BCUT2D eigenvalue weighted by atomic mass is 10.1. The van der Waals surface area contributed by atoms with E-state index in [1.54, 1.807) is 14.2 Å². The minimum Gasteiger partial charge on any atom is -0.493 e. The van der Waals surface area contributed by atoms with Gasteiger partial charge in [0.15, 0.2) is 11.5 Å². The second-order valence-corrected chi connectivity index (χ2v) is 3.57. The van der Waals surface area contributed by atoms with Crippen LogP contribution in [0, 0.1) is 0 Å². The maximum Gasteiger partial charge on any atom is 0.161 e. The van der Waals surface area contributed by atoms with Crippen LogP contribution >= 0.6 is 0 Å². The molecule has 0 spiro atoms. The van der Waals surface area contributed by atoms with E-state index in [-0.39, 0.29) is 0 Å². The molecule has 2 heteroatoms. The Morgan fingerprint density at radius 3 is 2.36 bits per heavy atom. The second kappa shape index (κ2) is 3.37. The molecule has 0 saturated carbocycles. The first-order valence-corrected chi connectivity index (χ1v) is 4.66. The fraction of sp³-hybridized carbons (Fsp3) is 0.333. The minimum absolute atomic E-state index is 0.803. The number of hydrogen-bond acceptors (Lipinski definition) is 2. The molecule has 1 aromatic rings. The van der Waals surface area contributed by atoms with E-state index in [1.807, 2.05) is 6.07 Å². The Balaban J connectivity index is 2.49. The van der Waals surface area contributed by atoms with Crippen molar-refractivity contribution in [3.63, 3.8) is 0 Å². The van der Waals surface area contributed by atoms with E-state index >= 15 is 0 Å². The van der Waals surface area contributed by atoms with E-state index in [2.05, 4.69) is 19.1 Å². The number of fused-ring (bicyclic) bond motifs is 1. The van der Waals surface area contributed by atoms with Crippen LogP contribution in [0.1, 0.15) is 18.1 Å². The molecule has 0 atom stereocenters. The molecule has 0 unspecified atom stereocenters. The Kier molecular flexibility index (Phi) is 2.20. The van der Waals surface area contributed by atoms with E-state index in [0.717, 1.165) is 17.9 Å². The van der Waals surface area contributed by atoms with Gasteiger partial charge in [0.1, 0.15) is 0 Å². The van der Waals surface area contributed by atoms with Crippen LogP contribution in [0.25, 0.3) is 6.08 Å². The smallest absolute Gasteiger partial charge is 0.161 e. The van der Waals surface area contributed by atoms with Gasteiger partial charge in [0.25, 0.3) is 0 Å². The van der Waals surface area contributed by atoms with Gasteiger partial charge in [-0.1, -0.05) is 11.6 Å². The van der Waals surface area contributed by atoms with Gasteiger partial charge in [-0.15, -0.1) is 0 Å². The summed E-state index contributed by atoms with van der Waals surface area (Å²) in [5.41, 5.74) is 3.95. The molecule has 0 radical (unpaired) electrons. The van der Waals surface area contributed by atoms with Gasteiger partial charge in [-0.2, -0.15) is 0 Å². The van der Waals surface area contributed by atoms with Crippen molar-refractivity contribution in [3.05, 3.63) is 28.8 Å². The zero-order chi connectivity index (χ0) is 10.1. The Bertz CT molecular complexity index is 392. The predicted octanol–water partition coefficient (Wildman–Crippen LogP) is 2.66. The van der Waals surface area contributed by atoms with Crippen molar-refractivity contribution in [1.82, 2.24) is 0 Å². The molecule has 0 aliphatic heterocycles. The number of hydrogen-bond donors (Lipinski definition) is 0. The average molecular weight is 190 g/mol. The summed E-state index contributed by atoms with van der Waals surface area (Å²) in [6, 6.07) is 4.09. The lowest BCUT2D eigenvalue weighted by Gasteiger charge is -2.09. The van der Waals surface area contributed by atoms with Gasteiger partial charge in [-0.05, 0) is 36.6 Å². The molecule has 0 heterocycles. The van der Waals surface area contributed by atoms with Crippen molar-refractivity contribution >= 4 is 6.08 Å². The van der Waals surface area contributed by atoms with Crippen LogP contribution in [0.5, 0.6) is 11.5 Å². The Morgan fingerprint density at radius 1 is 1.07 bits per heavy atom. The minimum atomic E-state index is 0.803. The van der Waals surface area contributed by atoms with Crippen LogP contribution in [0.4, 0.5) is 0 Å². The van der Waals surface area contributed by atoms with Gasteiger partial charge < -0.3 is 9.47 Å². The molecule has 74 valence electrons. The molecule has 2 rings (SSSR count). The van der Waals surface area contributed by atoms with E-state index < -0.39 is 0 Å². The molecule has 2 nitrogen and oxygen atoms in total. The molecule has 1 aliphatic carbocycles. The SMILES string of the molecule is COc1cc2c(cc1OC)CC(C)=C2. The zero-order valence-electron chi connectivity index (χ0n) is 8.76. The summed E-state index contributed by atoms with van der Waals surface area (Å²) in [5, 5.41) is 0. The highest BCUT2D eigenvalue weighted by molar-refractivity contribution is 5.67. The van der Waals surface area contributed by atoms with E-state index in [4.69, 9.17) is 9.47 Å². The van der Waals surface area contributed by atoms with Crippen LogP contribution in [-0.4, -0.2) is 14.2 Å². The van der Waals surface area contributed by atoms with Gasteiger partial charge in [-0.25, -0.2) is 0 Å². The number of allylic oxidation sites excluding steroid dienone is 1. The summed E-state index contributed by atoms with van der Waals surface area (Å²) >= 11 is 0. The molecular formula is C12H14O2. The first kappa shape index (κ1) is 9.13. The third kappa shape index (κ3) is 1.37. The van der Waals surface area contributed by atoms with Crippen molar-refractivity contribution < 1.29 is 9.47 Å². The largest absolute Gasteiger partial charge is 0.493 e. The first-order valence-electron chi connectivity index (χ1n) is 4.66. The van der Waals surface area contributed by atoms with Crippen LogP contribution in [0.3, 0.4) is 0 Å². The van der Waals surface area contributed by atoms with Crippen molar-refractivity contribution in [2.45, 2.75) is 13.3 Å². The summed E-state index contributed by atoms with van der Waals surface area (Å²) in [5.74, 6) is 1.62. The Labute approximate surface area is 84.2 Å². The number of benzene rings is 1. The van der Waals surface area contributed by atoms with E-state index in [0.29, 0.717) is 0 Å². The highest BCUT2D eigenvalue weighted by Gasteiger charge is 2.14. The molecule has 0 saturated heterocycles. The topological polar surface area (TPSA) is 18.5 Å². The molecule has 0 aromatic heterocycles. The molecule has 0 amide bonds. The summed E-state index contributed by atoms with van der Waals surface area (Å²) in [6.45, 7) is 2.14. The molecule has 1 aliphatic rings. The second-order valence-electron chi connectivity index (χ2n) is 3.57. The zero-order valence-corrected chi connectivity index (χ0v) is 8.76. The normalized spacial score (nSPS) is 13.5. The van der Waals surface area contributed by atoms with Crippen LogP contribution in [0.2, 0.25) is 0 Å². The fourth-order valence-electron chi connectivity index (χ4n) is 1.84. The van der Waals surface area contributed by atoms with Crippen LogP contribution < -0.4 is 9.47 Å². The quantitative estimate of drug-likeness (QED) is 0.713. The summed E-state index contributed by atoms with van der Waals surface area (Å²) in [7, 11) is 3.33. The van der Waals surface area contributed by atoms with E-state index in [9.17, 15) is 0 Å². The molecule has 14 heavy (non-hydrogen) atoms. The maximum absolute atomic E-state index is 5.25. The molecular weight excluding hydrogens is 176 g/mol. The third-order valence-corrected chi connectivity index (χ3v) is 2.52. The first-order chi connectivity index (χ1) is 6.74. The number of rotatable bonds is 2. The molecule has 0 N–H and O–H groups in total. The summed E-state index contributed by atoms with van der Waals surface area (Å²) < 4.78 is 10.5. The van der Waals surface area contributed by atoms with Crippen LogP contribution in [0.15, 0.2) is 17.7 Å². The van der Waals surface area contributed by atoms with Gasteiger partial charge in [0, 0.05) is 0 Å². The maximum atomic E-state index is 5.25. The van der Waals surface area contributed by atoms with Crippen LogP contribution in [-0.2, 0) is 6.42 Å². The third-order valence-electron chi connectivity index (χ3n) is 2.52. The predicted molar refractivity (Wildman–Crippen MR) is 56.9 cm³/mol. The molecule has 1 aromatic carbocycles. The van der Waals surface area contributed by atoms with Gasteiger partial charge in [-0.3, -0.25) is 0 Å².